The highest BCUT2D eigenvalue weighted by atomic mass is 79.9. The molecule has 0 bridgehead atoms. The Labute approximate surface area is 103 Å². The fraction of sp³-hybridized carbons (Fsp3) is 0.231. The Bertz CT molecular complexity index is 563. The molecule has 0 amide bonds. The number of hydrogen-bond donors (Lipinski definition) is 0. The number of fused-ring (bicyclic) bond motifs is 1. The van der Waals surface area contributed by atoms with Crippen LogP contribution in [0.4, 0.5) is 0 Å². The summed E-state index contributed by atoms with van der Waals surface area (Å²) in [4.78, 5) is 15.2. The predicted octanol–water partition coefficient (Wildman–Crippen LogP) is 3.36. The van der Waals surface area contributed by atoms with E-state index in [2.05, 4.69) is 20.9 Å². The lowest BCUT2D eigenvalue weighted by Crippen LogP contribution is -1.99. The van der Waals surface area contributed by atoms with Crippen LogP contribution in [0.3, 0.4) is 0 Å². The van der Waals surface area contributed by atoms with E-state index in [1.54, 1.807) is 0 Å². The molecule has 0 aliphatic heterocycles. The van der Waals surface area contributed by atoms with Gasteiger partial charge >= 0.3 is 0 Å². The normalized spacial score (nSPS) is 10.7. The van der Waals surface area contributed by atoms with Gasteiger partial charge in [-0.05, 0) is 43.2 Å². The third kappa shape index (κ3) is 1.87. The molecule has 16 heavy (non-hydrogen) atoms. The molecule has 0 saturated heterocycles. The summed E-state index contributed by atoms with van der Waals surface area (Å²) in [6, 6.07) is 6.02. The Balaban J connectivity index is 2.79. The number of halogens is 1. The first kappa shape index (κ1) is 11.3. The summed E-state index contributed by atoms with van der Waals surface area (Å²) < 4.78 is 1.03. The molecular formula is C13H12BrNO. The van der Waals surface area contributed by atoms with E-state index in [1.807, 2.05) is 32.0 Å². The summed E-state index contributed by atoms with van der Waals surface area (Å²) in [7, 11) is 0. The summed E-state index contributed by atoms with van der Waals surface area (Å²) >= 11 is 3.45. The zero-order chi connectivity index (χ0) is 11.7. The minimum atomic E-state index is 0.438. The topological polar surface area (TPSA) is 30.0 Å². The van der Waals surface area contributed by atoms with Crippen molar-refractivity contribution in [1.29, 1.82) is 0 Å². The van der Waals surface area contributed by atoms with E-state index >= 15 is 0 Å². The maximum atomic E-state index is 10.6. The van der Waals surface area contributed by atoms with Gasteiger partial charge in [0, 0.05) is 22.0 Å². The van der Waals surface area contributed by atoms with Crippen molar-refractivity contribution in [2.45, 2.75) is 20.3 Å². The van der Waals surface area contributed by atoms with Gasteiger partial charge in [0.2, 0.25) is 0 Å². The highest BCUT2D eigenvalue weighted by Crippen LogP contribution is 2.25. The highest BCUT2D eigenvalue weighted by Gasteiger charge is 2.08. The maximum absolute atomic E-state index is 10.6. The lowest BCUT2D eigenvalue weighted by Gasteiger charge is -2.10. The van der Waals surface area contributed by atoms with E-state index in [4.69, 9.17) is 0 Å². The van der Waals surface area contributed by atoms with Crippen molar-refractivity contribution in [1.82, 2.24) is 4.98 Å². The van der Waals surface area contributed by atoms with Gasteiger partial charge in [0.25, 0.3) is 0 Å². The van der Waals surface area contributed by atoms with Gasteiger partial charge in [0.15, 0.2) is 0 Å². The van der Waals surface area contributed by atoms with Crippen LogP contribution in [0.1, 0.15) is 16.8 Å². The van der Waals surface area contributed by atoms with Crippen molar-refractivity contribution in [2.24, 2.45) is 0 Å². The lowest BCUT2D eigenvalue weighted by atomic mass is 10.0. The molecule has 0 radical (unpaired) electrons. The number of aldehydes is 1. The van der Waals surface area contributed by atoms with E-state index in [-0.39, 0.29) is 0 Å². The number of rotatable bonds is 2. The Morgan fingerprint density at radius 3 is 2.81 bits per heavy atom. The molecule has 0 aliphatic carbocycles. The molecule has 0 aliphatic rings. The molecule has 1 heterocycles. The molecule has 0 fully saturated rings. The first-order valence-corrected chi connectivity index (χ1v) is 5.91. The fourth-order valence-electron chi connectivity index (χ4n) is 1.97. The zero-order valence-electron chi connectivity index (χ0n) is 9.25. The second kappa shape index (κ2) is 4.34. The third-order valence-corrected chi connectivity index (χ3v) is 3.32. The molecule has 82 valence electrons. The second-order valence-electron chi connectivity index (χ2n) is 3.83. The molecule has 0 spiro atoms. The molecule has 1 aromatic heterocycles. The average molecular weight is 278 g/mol. The molecule has 0 unspecified atom stereocenters. The van der Waals surface area contributed by atoms with Gasteiger partial charge in [0.05, 0.1) is 5.52 Å². The first-order valence-electron chi connectivity index (χ1n) is 5.12. The average Bonchev–Trinajstić information content (AvgIpc) is 2.26. The summed E-state index contributed by atoms with van der Waals surface area (Å²) in [6.07, 6.45) is 1.37. The van der Waals surface area contributed by atoms with Gasteiger partial charge in [-0.2, -0.15) is 0 Å². The molecule has 3 heteroatoms. The molecule has 0 atom stereocenters. The summed E-state index contributed by atoms with van der Waals surface area (Å²) in [6.45, 7) is 4.00. The zero-order valence-corrected chi connectivity index (χ0v) is 10.8. The van der Waals surface area contributed by atoms with Crippen LogP contribution in [0.5, 0.6) is 0 Å². The van der Waals surface area contributed by atoms with Crippen LogP contribution in [-0.2, 0) is 11.2 Å². The van der Waals surface area contributed by atoms with Crippen molar-refractivity contribution in [3.63, 3.8) is 0 Å². The standard InChI is InChI=1S/C13H12BrNO/c1-8-11(5-6-16)9(2)15-13-4-3-10(14)7-12(8)13/h3-4,6-7H,5H2,1-2H3. The number of nitrogens with zero attached hydrogens (tertiary/aromatic N) is 1. The SMILES string of the molecule is Cc1nc2ccc(Br)cc2c(C)c1CC=O. The third-order valence-electron chi connectivity index (χ3n) is 2.83. The predicted molar refractivity (Wildman–Crippen MR) is 68.7 cm³/mol. The summed E-state index contributed by atoms with van der Waals surface area (Å²) in [5.41, 5.74) is 4.11. The molecule has 2 nitrogen and oxygen atoms in total. The van der Waals surface area contributed by atoms with E-state index < -0.39 is 0 Å². The van der Waals surface area contributed by atoms with Gasteiger partial charge in [0.1, 0.15) is 6.29 Å². The Morgan fingerprint density at radius 2 is 2.12 bits per heavy atom. The van der Waals surface area contributed by atoms with Crippen molar-refractivity contribution in [2.75, 3.05) is 0 Å². The van der Waals surface area contributed by atoms with E-state index in [9.17, 15) is 4.79 Å². The second-order valence-corrected chi connectivity index (χ2v) is 4.75. The molecule has 0 N–H and O–H groups in total. The highest BCUT2D eigenvalue weighted by molar-refractivity contribution is 9.10. The minimum absolute atomic E-state index is 0.438. The first-order chi connectivity index (χ1) is 7.63. The fourth-order valence-corrected chi connectivity index (χ4v) is 2.33. The molecule has 1 aromatic carbocycles. The number of hydrogen-bond acceptors (Lipinski definition) is 2. The van der Waals surface area contributed by atoms with Gasteiger partial charge in [-0.25, -0.2) is 0 Å². The van der Waals surface area contributed by atoms with E-state index in [0.29, 0.717) is 6.42 Å². The number of benzene rings is 1. The van der Waals surface area contributed by atoms with Crippen LogP contribution >= 0.6 is 15.9 Å². The van der Waals surface area contributed by atoms with Crippen molar-refractivity contribution < 1.29 is 4.79 Å². The van der Waals surface area contributed by atoms with Crippen molar-refractivity contribution in [3.05, 3.63) is 39.5 Å². The molecule has 2 rings (SSSR count). The number of aryl methyl sites for hydroxylation is 2. The molecule has 0 saturated carbocycles. The van der Waals surface area contributed by atoms with Crippen LogP contribution in [-0.4, -0.2) is 11.3 Å². The summed E-state index contributed by atoms with van der Waals surface area (Å²) in [5, 5.41) is 1.11. The number of carbonyl (C=O) groups excluding carboxylic acids is 1. The Morgan fingerprint density at radius 1 is 1.38 bits per heavy atom. The lowest BCUT2D eigenvalue weighted by molar-refractivity contribution is -0.107. The van der Waals surface area contributed by atoms with Gasteiger partial charge in [-0.15, -0.1) is 0 Å². The quantitative estimate of drug-likeness (QED) is 0.788. The Hall–Kier alpha value is -1.22. The van der Waals surface area contributed by atoms with E-state index in [1.165, 1.54) is 0 Å². The van der Waals surface area contributed by atoms with Crippen LogP contribution in [0, 0.1) is 13.8 Å². The van der Waals surface area contributed by atoms with Crippen LogP contribution in [0.25, 0.3) is 10.9 Å². The van der Waals surface area contributed by atoms with Crippen molar-refractivity contribution in [3.8, 4) is 0 Å². The van der Waals surface area contributed by atoms with E-state index in [0.717, 1.165) is 38.5 Å². The van der Waals surface area contributed by atoms with Crippen LogP contribution in [0.15, 0.2) is 22.7 Å². The summed E-state index contributed by atoms with van der Waals surface area (Å²) in [5.74, 6) is 0. The number of carbonyl (C=O) groups is 1. The smallest absolute Gasteiger partial charge is 0.124 e. The molecular weight excluding hydrogens is 266 g/mol. The van der Waals surface area contributed by atoms with Crippen LogP contribution in [0.2, 0.25) is 0 Å². The van der Waals surface area contributed by atoms with Gasteiger partial charge < -0.3 is 4.79 Å². The molecule has 2 aromatic rings. The number of pyridine rings is 1. The monoisotopic (exact) mass is 277 g/mol. The minimum Gasteiger partial charge on any atom is -0.303 e. The van der Waals surface area contributed by atoms with Crippen LogP contribution < -0.4 is 0 Å². The van der Waals surface area contributed by atoms with Gasteiger partial charge in [-0.3, -0.25) is 4.98 Å². The Kier molecular flexibility index (Phi) is 3.06. The number of aromatic nitrogens is 1. The van der Waals surface area contributed by atoms with Crippen molar-refractivity contribution >= 4 is 33.1 Å². The largest absolute Gasteiger partial charge is 0.303 e. The maximum Gasteiger partial charge on any atom is 0.124 e. The van der Waals surface area contributed by atoms with Gasteiger partial charge in [-0.1, -0.05) is 15.9 Å².